The Morgan fingerprint density at radius 2 is 1.14 bits per heavy atom. The van der Waals surface area contributed by atoms with Gasteiger partial charge in [0.15, 0.2) is 0 Å². The fraction of sp³-hybridized carbons (Fsp3) is 1.00. The molecule has 2 aliphatic carbocycles. The maximum atomic E-state index is 4.09. The summed E-state index contributed by atoms with van der Waals surface area (Å²) in [6.45, 7) is 9.60. The highest BCUT2D eigenvalue weighted by molar-refractivity contribution is 4.98. The van der Waals surface area contributed by atoms with Crippen LogP contribution in [0, 0.1) is 11.3 Å². The lowest BCUT2D eigenvalue weighted by molar-refractivity contribution is -0.00944. The molecule has 0 amide bonds. The second kappa shape index (κ2) is 19.9. The Morgan fingerprint density at radius 1 is 0.667 bits per heavy atom. The summed E-state index contributed by atoms with van der Waals surface area (Å²) in [5.41, 5.74) is 0.736. The van der Waals surface area contributed by atoms with Crippen molar-refractivity contribution < 1.29 is 0 Å². The zero-order chi connectivity index (χ0) is 25.9. The van der Waals surface area contributed by atoms with Gasteiger partial charge in [-0.2, -0.15) is 0 Å². The molecule has 0 bridgehead atoms. The molecule has 0 atom stereocenters. The van der Waals surface area contributed by atoms with E-state index < -0.39 is 0 Å². The van der Waals surface area contributed by atoms with Crippen molar-refractivity contribution in [2.75, 3.05) is 20.1 Å². The van der Waals surface area contributed by atoms with Gasteiger partial charge in [-0.25, -0.2) is 0 Å². The first kappa shape index (κ1) is 32.1. The maximum absolute atomic E-state index is 4.09. The van der Waals surface area contributed by atoms with E-state index in [-0.39, 0.29) is 0 Å². The number of nitrogens with zero attached hydrogens (tertiary/aromatic N) is 1. The molecule has 0 aromatic carbocycles. The van der Waals surface area contributed by atoms with E-state index in [0.717, 1.165) is 23.4 Å². The number of rotatable bonds is 23. The quantitative estimate of drug-likeness (QED) is 0.139. The standard InChI is InChI=1S/C34H68N2/c1-5-8-11-14-17-20-27-36(4)33-23-25-34(26-24-33)28-31(29-34)30-35-32(21-18-15-12-9-6-2)22-19-16-13-10-7-3/h31-33,35H,5-30H2,1-4H3. The average molecular weight is 505 g/mol. The lowest BCUT2D eigenvalue weighted by Gasteiger charge is -2.53. The smallest absolute Gasteiger partial charge is 0.00926 e. The van der Waals surface area contributed by atoms with Crippen molar-refractivity contribution in [2.24, 2.45) is 11.3 Å². The van der Waals surface area contributed by atoms with Gasteiger partial charge in [0.1, 0.15) is 0 Å². The van der Waals surface area contributed by atoms with E-state index in [4.69, 9.17) is 0 Å². The molecule has 36 heavy (non-hydrogen) atoms. The van der Waals surface area contributed by atoms with Crippen LogP contribution >= 0.6 is 0 Å². The third-order valence-electron chi connectivity index (χ3n) is 9.95. The van der Waals surface area contributed by atoms with Crippen LogP contribution in [0.4, 0.5) is 0 Å². The molecule has 0 unspecified atom stereocenters. The summed E-state index contributed by atoms with van der Waals surface area (Å²) in [6.07, 6.45) is 34.6. The second-order valence-corrected chi connectivity index (χ2v) is 13.3. The second-order valence-electron chi connectivity index (χ2n) is 13.3. The third kappa shape index (κ3) is 13.1. The summed E-state index contributed by atoms with van der Waals surface area (Å²) in [5, 5.41) is 4.09. The van der Waals surface area contributed by atoms with Gasteiger partial charge < -0.3 is 10.2 Å². The first-order valence-electron chi connectivity index (χ1n) is 17.1. The number of hydrogen-bond donors (Lipinski definition) is 1. The Bertz CT molecular complexity index is 473. The van der Waals surface area contributed by atoms with Gasteiger partial charge in [0.2, 0.25) is 0 Å². The first-order valence-corrected chi connectivity index (χ1v) is 17.1. The van der Waals surface area contributed by atoms with E-state index in [1.54, 1.807) is 0 Å². The monoisotopic (exact) mass is 505 g/mol. The van der Waals surface area contributed by atoms with Crippen molar-refractivity contribution in [3.05, 3.63) is 0 Å². The molecule has 1 N–H and O–H groups in total. The van der Waals surface area contributed by atoms with Crippen molar-refractivity contribution in [1.29, 1.82) is 0 Å². The van der Waals surface area contributed by atoms with E-state index in [1.807, 2.05) is 0 Å². The minimum absolute atomic E-state index is 0.736. The van der Waals surface area contributed by atoms with Gasteiger partial charge in [-0.05, 0) is 89.3 Å². The molecule has 2 rings (SSSR count). The van der Waals surface area contributed by atoms with Gasteiger partial charge in [0, 0.05) is 12.1 Å². The fourth-order valence-electron chi connectivity index (χ4n) is 7.37. The Kier molecular flexibility index (Phi) is 17.8. The number of unbranched alkanes of at least 4 members (excludes halogenated alkanes) is 13. The summed E-state index contributed by atoms with van der Waals surface area (Å²) in [4.78, 5) is 2.72. The predicted octanol–water partition coefficient (Wildman–Crippen LogP) is 10.3. The summed E-state index contributed by atoms with van der Waals surface area (Å²) in [6, 6.07) is 1.66. The lowest BCUT2D eigenvalue weighted by atomic mass is 9.55. The molecule has 2 heteroatoms. The van der Waals surface area contributed by atoms with Gasteiger partial charge in [-0.3, -0.25) is 0 Å². The van der Waals surface area contributed by atoms with Crippen LogP contribution in [-0.4, -0.2) is 37.1 Å². The van der Waals surface area contributed by atoms with Crippen LogP contribution in [-0.2, 0) is 0 Å². The van der Waals surface area contributed by atoms with Crippen LogP contribution in [0.1, 0.15) is 175 Å². The Morgan fingerprint density at radius 3 is 1.67 bits per heavy atom. The molecular weight excluding hydrogens is 436 g/mol. The fourth-order valence-corrected chi connectivity index (χ4v) is 7.37. The molecule has 0 radical (unpaired) electrons. The van der Waals surface area contributed by atoms with Crippen LogP contribution in [0.2, 0.25) is 0 Å². The molecule has 2 fully saturated rings. The molecule has 0 aliphatic heterocycles. The van der Waals surface area contributed by atoms with E-state index in [2.05, 4.69) is 38.0 Å². The summed E-state index contributed by atoms with van der Waals surface area (Å²) < 4.78 is 0. The molecule has 0 saturated heterocycles. The molecular formula is C34H68N2. The van der Waals surface area contributed by atoms with Crippen molar-refractivity contribution in [2.45, 2.75) is 187 Å². The normalized spacial score (nSPS) is 24.2. The molecule has 0 aromatic heterocycles. The van der Waals surface area contributed by atoms with Crippen molar-refractivity contribution in [1.82, 2.24) is 10.2 Å². The largest absolute Gasteiger partial charge is 0.314 e. The van der Waals surface area contributed by atoms with Gasteiger partial charge in [0.05, 0.1) is 0 Å². The molecule has 0 heterocycles. The highest BCUT2D eigenvalue weighted by Gasteiger charge is 2.46. The van der Waals surface area contributed by atoms with Gasteiger partial charge in [-0.15, -0.1) is 0 Å². The van der Waals surface area contributed by atoms with E-state index in [0.29, 0.717) is 0 Å². The third-order valence-corrected chi connectivity index (χ3v) is 9.95. The highest BCUT2D eigenvalue weighted by atomic mass is 15.1. The van der Waals surface area contributed by atoms with E-state index in [9.17, 15) is 0 Å². The average Bonchev–Trinajstić information content (AvgIpc) is 2.87. The van der Waals surface area contributed by atoms with Crippen molar-refractivity contribution in [3.63, 3.8) is 0 Å². The molecule has 214 valence electrons. The zero-order valence-electron chi connectivity index (χ0n) is 25.6. The minimum Gasteiger partial charge on any atom is -0.314 e. The highest BCUT2D eigenvalue weighted by Crippen LogP contribution is 2.55. The molecule has 2 nitrogen and oxygen atoms in total. The SMILES string of the molecule is CCCCCCCCN(C)C1CCC2(CC1)CC(CNC(CCCCCCC)CCCCCCC)C2. The Hall–Kier alpha value is -0.0800. The van der Waals surface area contributed by atoms with E-state index >= 15 is 0 Å². The van der Waals surface area contributed by atoms with Crippen LogP contribution in [0.25, 0.3) is 0 Å². The first-order chi connectivity index (χ1) is 17.6. The maximum Gasteiger partial charge on any atom is 0.00926 e. The van der Waals surface area contributed by atoms with Gasteiger partial charge in [0.25, 0.3) is 0 Å². The van der Waals surface area contributed by atoms with Crippen LogP contribution in [0.15, 0.2) is 0 Å². The number of hydrogen-bond acceptors (Lipinski definition) is 2. The van der Waals surface area contributed by atoms with Crippen LogP contribution < -0.4 is 5.32 Å². The number of nitrogens with one attached hydrogen (secondary N) is 1. The van der Waals surface area contributed by atoms with Crippen LogP contribution in [0.3, 0.4) is 0 Å². The van der Waals surface area contributed by atoms with Crippen molar-refractivity contribution >= 4 is 0 Å². The van der Waals surface area contributed by atoms with E-state index in [1.165, 1.54) is 167 Å². The van der Waals surface area contributed by atoms with Crippen molar-refractivity contribution in [3.8, 4) is 0 Å². The van der Waals surface area contributed by atoms with Crippen LogP contribution in [0.5, 0.6) is 0 Å². The summed E-state index contributed by atoms with van der Waals surface area (Å²) in [7, 11) is 2.41. The molecule has 2 aliphatic rings. The molecule has 0 aromatic rings. The zero-order valence-corrected chi connectivity index (χ0v) is 25.6. The lowest BCUT2D eigenvalue weighted by Crippen LogP contribution is -2.48. The topological polar surface area (TPSA) is 15.3 Å². The Balaban J connectivity index is 1.59. The summed E-state index contributed by atoms with van der Waals surface area (Å²) >= 11 is 0. The minimum atomic E-state index is 0.736. The molecule has 1 spiro atoms. The summed E-state index contributed by atoms with van der Waals surface area (Å²) in [5.74, 6) is 0.963. The van der Waals surface area contributed by atoms with Gasteiger partial charge >= 0.3 is 0 Å². The molecule has 2 saturated carbocycles. The van der Waals surface area contributed by atoms with Gasteiger partial charge in [-0.1, -0.05) is 117 Å². The predicted molar refractivity (Wildman–Crippen MR) is 162 cm³/mol. The Labute approximate surface area is 228 Å².